The molecule has 2 aromatic carbocycles. The fraction of sp³-hybridized carbons (Fsp3) is 0.0870. The van der Waals surface area contributed by atoms with Crippen LogP contribution in [0.3, 0.4) is 0 Å². The Kier molecular flexibility index (Phi) is 5.62. The van der Waals surface area contributed by atoms with E-state index in [4.69, 9.17) is 27.9 Å². The van der Waals surface area contributed by atoms with Crippen LogP contribution in [0.2, 0.25) is 10.0 Å². The Morgan fingerprint density at radius 3 is 2.67 bits per heavy atom. The maximum Gasteiger partial charge on any atom is 0.296 e. The van der Waals surface area contributed by atoms with Crippen LogP contribution < -0.4 is 9.64 Å². The molecule has 0 fully saturated rings. The van der Waals surface area contributed by atoms with E-state index < -0.39 is 23.5 Å². The molecule has 2 aromatic heterocycles. The van der Waals surface area contributed by atoms with E-state index in [0.29, 0.717) is 31.9 Å². The van der Waals surface area contributed by atoms with E-state index in [0.717, 1.165) is 4.70 Å². The van der Waals surface area contributed by atoms with Crippen molar-refractivity contribution in [2.45, 2.75) is 6.04 Å². The zero-order chi connectivity index (χ0) is 23.3. The summed E-state index contributed by atoms with van der Waals surface area (Å²) < 4.78 is 6.07. The molecule has 6 nitrogen and oxygen atoms in total. The van der Waals surface area contributed by atoms with Crippen LogP contribution in [0.25, 0.3) is 10.2 Å². The lowest BCUT2D eigenvalue weighted by Crippen LogP contribution is -2.30. The summed E-state index contributed by atoms with van der Waals surface area (Å²) >= 11 is 14.8. The molecule has 166 valence electrons. The molecule has 0 saturated heterocycles. The number of methoxy groups -OCH3 is 1. The van der Waals surface area contributed by atoms with Gasteiger partial charge < -0.3 is 9.84 Å². The summed E-state index contributed by atoms with van der Waals surface area (Å²) in [4.78, 5) is 33.0. The molecule has 10 heteroatoms. The van der Waals surface area contributed by atoms with Crippen molar-refractivity contribution in [2.24, 2.45) is 0 Å². The first-order chi connectivity index (χ1) is 15.9. The van der Waals surface area contributed by atoms with Gasteiger partial charge in [-0.25, -0.2) is 4.98 Å². The zero-order valence-corrected chi connectivity index (χ0v) is 20.1. The first-order valence-corrected chi connectivity index (χ1v) is 12.1. The third kappa shape index (κ3) is 3.69. The molecule has 3 heterocycles. The van der Waals surface area contributed by atoms with Crippen LogP contribution in [0.5, 0.6) is 5.75 Å². The number of aliphatic hydroxyl groups is 1. The van der Waals surface area contributed by atoms with Crippen molar-refractivity contribution in [1.82, 2.24) is 4.98 Å². The number of carbonyl (C=O) groups is 2. The minimum Gasteiger partial charge on any atom is -0.503 e. The summed E-state index contributed by atoms with van der Waals surface area (Å²) in [6.45, 7) is 0. The molecule has 0 unspecified atom stereocenters. The van der Waals surface area contributed by atoms with Crippen LogP contribution in [0, 0.1) is 0 Å². The fourth-order valence-corrected chi connectivity index (χ4v) is 5.70. The van der Waals surface area contributed by atoms with Gasteiger partial charge in [0.2, 0.25) is 5.78 Å². The highest BCUT2D eigenvalue weighted by molar-refractivity contribution is 7.22. The summed E-state index contributed by atoms with van der Waals surface area (Å²) in [6.07, 6.45) is 0. The van der Waals surface area contributed by atoms with Gasteiger partial charge in [0.1, 0.15) is 5.75 Å². The van der Waals surface area contributed by atoms with E-state index in [9.17, 15) is 14.7 Å². The average molecular weight is 517 g/mol. The number of hydrogen-bond donors (Lipinski definition) is 1. The van der Waals surface area contributed by atoms with Crippen molar-refractivity contribution >= 4 is 72.9 Å². The van der Waals surface area contributed by atoms with Crippen LogP contribution in [0.1, 0.15) is 21.3 Å². The molecule has 1 N–H and O–H groups in total. The van der Waals surface area contributed by atoms with Gasteiger partial charge in [0, 0.05) is 0 Å². The average Bonchev–Trinajstić information content (AvgIpc) is 3.54. The second-order valence-electron chi connectivity index (χ2n) is 7.15. The number of nitrogens with zero attached hydrogens (tertiary/aromatic N) is 2. The first-order valence-electron chi connectivity index (χ1n) is 9.63. The number of aliphatic hydroxyl groups excluding tert-OH is 1. The van der Waals surface area contributed by atoms with Crippen molar-refractivity contribution in [3.8, 4) is 5.75 Å². The summed E-state index contributed by atoms with van der Waals surface area (Å²) in [5, 5.41) is 13.5. The van der Waals surface area contributed by atoms with Gasteiger partial charge in [0.15, 0.2) is 10.9 Å². The molecule has 0 aliphatic carbocycles. The lowest BCUT2D eigenvalue weighted by molar-refractivity contribution is -0.117. The van der Waals surface area contributed by atoms with Gasteiger partial charge in [-0.1, -0.05) is 46.7 Å². The van der Waals surface area contributed by atoms with Crippen LogP contribution >= 0.6 is 45.9 Å². The lowest BCUT2D eigenvalue weighted by atomic mass is 9.95. The second kappa shape index (κ2) is 8.46. The Morgan fingerprint density at radius 1 is 1.15 bits per heavy atom. The highest BCUT2D eigenvalue weighted by Crippen LogP contribution is 2.45. The topological polar surface area (TPSA) is 79.7 Å². The molecule has 1 aliphatic heterocycles. The number of aromatic nitrogens is 1. The van der Waals surface area contributed by atoms with Crippen molar-refractivity contribution < 1.29 is 19.4 Å². The molecule has 1 atom stereocenters. The van der Waals surface area contributed by atoms with E-state index >= 15 is 0 Å². The molecular formula is C23H14Cl2N2O4S2. The third-order valence-corrected chi connectivity index (χ3v) is 7.87. The molecular weight excluding hydrogens is 503 g/mol. The van der Waals surface area contributed by atoms with Gasteiger partial charge >= 0.3 is 0 Å². The Balaban J connectivity index is 1.69. The van der Waals surface area contributed by atoms with Gasteiger partial charge in [0.05, 0.1) is 43.9 Å². The monoisotopic (exact) mass is 516 g/mol. The number of Topliss-reactive ketones (excluding diaryl/α,β-unsaturated/α-hetero) is 1. The number of thiazole rings is 1. The quantitative estimate of drug-likeness (QED) is 0.308. The Bertz CT molecular complexity index is 1450. The van der Waals surface area contributed by atoms with E-state index in [-0.39, 0.29) is 10.6 Å². The van der Waals surface area contributed by atoms with Gasteiger partial charge in [-0.15, -0.1) is 11.3 Å². The molecule has 5 rings (SSSR count). The van der Waals surface area contributed by atoms with Crippen molar-refractivity contribution in [3.63, 3.8) is 0 Å². The Hall–Kier alpha value is -2.91. The van der Waals surface area contributed by atoms with Crippen LogP contribution in [0.4, 0.5) is 5.13 Å². The first kappa shape index (κ1) is 21.9. The largest absolute Gasteiger partial charge is 0.503 e. The number of halogens is 2. The number of amides is 1. The molecule has 33 heavy (non-hydrogen) atoms. The summed E-state index contributed by atoms with van der Waals surface area (Å²) in [5.41, 5.74) is 1.16. The van der Waals surface area contributed by atoms with E-state index in [1.807, 2.05) is 6.07 Å². The number of rotatable bonds is 5. The molecule has 0 radical (unpaired) electrons. The SMILES string of the molecule is COc1ccc2nc(N3C(=O)C(O)=C(C(=O)c4cccs4)[C@@H]3c3ccc(Cl)c(Cl)c3)sc2c1. The summed E-state index contributed by atoms with van der Waals surface area (Å²) in [6, 6.07) is 12.7. The normalized spacial score (nSPS) is 16.2. The number of fused-ring (bicyclic) bond motifs is 1. The standard InChI is InChI=1S/C23H14Cl2N2O4S2/c1-31-12-5-7-15-17(10-12)33-23(26-15)27-19(11-4-6-13(24)14(25)9-11)18(21(29)22(27)30)20(28)16-3-2-8-32-16/h2-10,19,29H,1H3/t19-/m0/s1. The predicted octanol–water partition coefficient (Wildman–Crippen LogP) is 6.46. The number of ether oxygens (including phenoxy) is 1. The van der Waals surface area contributed by atoms with E-state index in [1.54, 1.807) is 55.0 Å². The maximum absolute atomic E-state index is 13.4. The zero-order valence-electron chi connectivity index (χ0n) is 16.9. The molecule has 4 aromatic rings. The van der Waals surface area contributed by atoms with Crippen molar-refractivity contribution in [1.29, 1.82) is 0 Å². The number of benzene rings is 2. The summed E-state index contributed by atoms with van der Waals surface area (Å²) in [5.74, 6) is -1.10. The number of carbonyl (C=O) groups excluding carboxylic acids is 2. The minimum atomic E-state index is -0.927. The predicted molar refractivity (Wildman–Crippen MR) is 131 cm³/mol. The summed E-state index contributed by atoms with van der Waals surface area (Å²) in [7, 11) is 1.57. The fourth-order valence-electron chi connectivity index (χ4n) is 3.70. The molecule has 1 aliphatic rings. The highest BCUT2D eigenvalue weighted by Gasteiger charge is 2.46. The van der Waals surface area contributed by atoms with Gasteiger partial charge in [-0.2, -0.15) is 0 Å². The molecule has 0 spiro atoms. The van der Waals surface area contributed by atoms with Gasteiger partial charge in [-0.05, 0) is 47.3 Å². The number of hydrogen-bond acceptors (Lipinski definition) is 7. The molecule has 0 bridgehead atoms. The number of thiophene rings is 1. The van der Waals surface area contributed by atoms with Crippen LogP contribution in [0.15, 0.2) is 65.2 Å². The maximum atomic E-state index is 13.4. The lowest BCUT2D eigenvalue weighted by Gasteiger charge is -2.24. The molecule has 0 saturated carbocycles. The van der Waals surface area contributed by atoms with Crippen LogP contribution in [-0.2, 0) is 4.79 Å². The highest BCUT2D eigenvalue weighted by atomic mass is 35.5. The number of anilines is 1. The van der Waals surface area contributed by atoms with E-state index in [2.05, 4.69) is 4.98 Å². The van der Waals surface area contributed by atoms with Gasteiger partial charge in [-0.3, -0.25) is 14.5 Å². The van der Waals surface area contributed by atoms with Crippen LogP contribution in [-0.4, -0.2) is 28.9 Å². The van der Waals surface area contributed by atoms with Crippen molar-refractivity contribution in [3.05, 3.63) is 85.7 Å². The Labute approximate surface area is 206 Å². The second-order valence-corrected chi connectivity index (χ2v) is 9.92. The smallest absolute Gasteiger partial charge is 0.296 e. The van der Waals surface area contributed by atoms with Gasteiger partial charge in [0.25, 0.3) is 5.91 Å². The van der Waals surface area contributed by atoms with E-state index in [1.165, 1.54) is 27.6 Å². The molecule has 1 amide bonds. The van der Waals surface area contributed by atoms with Crippen molar-refractivity contribution in [2.75, 3.05) is 12.0 Å². The minimum absolute atomic E-state index is 0.0299. The third-order valence-electron chi connectivity index (χ3n) is 5.25. The Morgan fingerprint density at radius 2 is 1.97 bits per heavy atom. The number of ketones is 1.